The summed E-state index contributed by atoms with van der Waals surface area (Å²) in [6.07, 6.45) is 3.65. The van der Waals surface area contributed by atoms with E-state index in [9.17, 15) is 4.79 Å². The Morgan fingerprint density at radius 2 is 1.96 bits per heavy atom. The van der Waals surface area contributed by atoms with E-state index in [4.69, 9.17) is 0 Å². The molecule has 6 heteroatoms. The monoisotopic (exact) mass is 375 g/mol. The van der Waals surface area contributed by atoms with Gasteiger partial charge in [-0.1, -0.05) is 38.8 Å². The third-order valence-electron chi connectivity index (χ3n) is 3.94. The summed E-state index contributed by atoms with van der Waals surface area (Å²) in [7, 11) is 3.76. The average Bonchev–Trinajstić information content (AvgIpc) is 2.58. The van der Waals surface area contributed by atoms with Crippen LogP contribution in [0.2, 0.25) is 0 Å². The molecule has 0 aliphatic rings. The molecule has 0 bridgehead atoms. The van der Waals surface area contributed by atoms with Crippen molar-refractivity contribution in [2.45, 2.75) is 46.6 Å². The third-order valence-corrected chi connectivity index (χ3v) is 3.94. The fraction of sp³-hybridized carbons (Fsp3) is 0.619. The zero-order valence-electron chi connectivity index (χ0n) is 17.6. The van der Waals surface area contributed by atoms with Crippen LogP contribution in [-0.2, 0) is 11.3 Å². The lowest BCUT2D eigenvalue weighted by Gasteiger charge is -2.12. The number of rotatable bonds is 11. The summed E-state index contributed by atoms with van der Waals surface area (Å²) in [5.41, 5.74) is 1.87. The van der Waals surface area contributed by atoms with Crippen LogP contribution in [0.3, 0.4) is 0 Å². The summed E-state index contributed by atoms with van der Waals surface area (Å²) in [4.78, 5) is 18.4. The van der Waals surface area contributed by atoms with Crippen molar-refractivity contribution < 1.29 is 4.79 Å². The Morgan fingerprint density at radius 3 is 2.63 bits per heavy atom. The molecule has 0 aromatic heterocycles. The molecule has 0 saturated heterocycles. The van der Waals surface area contributed by atoms with Gasteiger partial charge in [0.2, 0.25) is 5.91 Å². The van der Waals surface area contributed by atoms with Gasteiger partial charge in [-0.15, -0.1) is 0 Å². The van der Waals surface area contributed by atoms with E-state index in [0.29, 0.717) is 13.1 Å². The molecule has 0 unspecified atom stereocenters. The van der Waals surface area contributed by atoms with Crippen LogP contribution >= 0.6 is 0 Å². The van der Waals surface area contributed by atoms with Crippen molar-refractivity contribution in [2.75, 3.05) is 39.0 Å². The topological polar surface area (TPSA) is 68.8 Å². The van der Waals surface area contributed by atoms with Gasteiger partial charge in [-0.3, -0.25) is 4.79 Å². The minimum atomic E-state index is -0.0166. The maximum absolute atomic E-state index is 11.9. The lowest BCUT2D eigenvalue weighted by Crippen LogP contribution is -2.37. The molecule has 3 N–H and O–H groups in total. The Bertz CT molecular complexity index is 584. The number of nitrogens with zero attached hydrogens (tertiary/aromatic N) is 2. The highest BCUT2D eigenvalue weighted by Crippen LogP contribution is 2.11. The number of carbonyl (C=O) groups is 1. The Kier molecular flexibility index (Phi) is 11.2. The van der Waals surface area contributed by atoms with E-state index in [1.54, 1.807) is 0 Å². The number of likely N-dealkylation sites (N-methyl/N-ethyl adjacent to an activating group) is 1. The molecule has 0 heterocycles. The second-order valence-electron chi connectivity index (χ2n) is 7.50. The number of benzene rings is 1. The molecule has 1 aromatic rings. The predicted octanol–water partition coefficient (Wildman–Crippen LogP) is 3.07. The molecule has 0 saturated carbocycles. The zero-order chi connectivity index (χ0) is 20.1. The standard InChI is InChI=1S/C21H37N5O/c1-6-22-21(23-13-8-7-10-17(2)3)24-15-18-11-9-12-19(14-18)25-20(27)16-26(4)5/h9,11-12,14,17H,6-8,10,13,15-16H2,1-5H3,(H,25,27)(H2,22,23,24). The molecule has 0 aliphatic heterocycles. The first kappa shape index (κ1) is 23.0. The molecule has 0 fully saturated rings. The maximum Gasteiger partial charge on any atom is 0.238 e. The Balaban J connectivity index is 2.55. The van der Waals surface area contributed by atoms with Crippen molar-refractivity contribution in [1.29, 1.82) is 0 Å². The van der Waals surface area contributed by atoms with Crippen molar-refractivity contribution >= 4 is 17.6 Å². The number of amides is 1. The Hall–Kier alpha value is -2.08. The van der Waals surface area contributed by atoms with Gasteiger partial charge < -0.3 is 20.9 Å². The number of carbonyl (C=O) groups excluding carboxylic acids is 1. The van der Waals surface area contributed by atoms with Crippen LogP contribution < -0.4 is 16.0 Å². The van der Waals surface area contributed by atoms with Crippen molar-refractivity contribution in [2.24, 2.45) is 10.9 Å². The molecular formula is C21H37N5O. The molecule has 0 spiro atoms. The molecule has 27 heavy (non-hydrogen) atoms. The van der Waals surface area contributed by atoms with E-state index in [1.807, 2.05) is 43.3 Å². The minimum absolute atomic E-state index is 0.0166. The van der Waals surface area contributed by atoms with Gasteiger partial charge in [-0.25, -0.2) is 4.99 Å². The van der Waals surface area contributed by atoms with Crippen LogP contribution in [0.15, 0.2) is 29.3 Å². The highest BCUT2D eigenvalue weighted by Gasteiger charge is 2.04. The fourth-order valence-corrected chi connectivity index (χ4v) is 2.63. The number of unbranched alkanes of at least 4 members (excludes halogenated alkanes) is 1. The van der Waals surface area contributed by atoms with Crippen molar-refractivity contribution in [3.8, 4) is 0 Å². The largest absolute Gasteiger partial charge is 0.357 e. The summed E-state index contributed by atoms with van der Waals surface area (Å²) in [5.74, 6) is 1.58. The third kappa shape index (κ3) is 11.3. The Labute approximate surface area is 164 Å². The molecule has 152 valence electrons. The van der Waals surface area contributed by atoms with E-state index in [2.05, 4.69) is 41.7 Å². The van der Waals surface area contributed by atoms with Crippen LogP contribution in [0.1, 0.15) is 45.6 Å². The van der Waals surface area contributed by atoms with Gasteiger partial charge in [0.1, 0.15) is 0 Å². The second-order valence-corrected chi connectivity index (χ2v) is 7.50. The lowest BCUT2D eigenvalue weighted by atomic mass is 10.1. The van der Waals surface area contributed by atoms with Crippen LogP contribution in [0.4, 0.5) is 5.69 Å². The first-order chi connectivity index (χ1) is 12.9. The molecule has 1 aromatic carbocycles. The van der Waals surface area contributed by atoms with Gasteiger partial charge >= 0.3 is 0 Å². The average molecular weight is 376 g/mol. The van der Waals surface area contributed by atoms with Gasteiger partial charge in [-0.05, 0) is 51.1 Å². The van der Waals surface area contributed by atoms with Crippen molar-refractivity contribution in [3.05, 3.63) is 29.8 Å². The van der Waals surface area contributed by atoms with Gasteiger partial charge in [0, 0.05) is 18.8 Å². The molecule has 0 radical (unpaired) electrons. The van der Waals surface area contributed by atoms with Crippen molar-refractivity contribution in [1.82, 2.24) is 15.5 Å². The molecule has 0 atom stereocenters. The molecule has 0 aliphatic carbocycles. The molecular weight excluding hydrogens is 338 g/mol. The number of hydrogen-bond donors (Lipinski definition) is 3. The zero-order valence-corrected chi connectivity index (χ0v) is 17.6. The van der Waals surface area contributed by atoms with Crippen LogP contribution in [0, 0.1) is 5.92 Å². The first-order valence-corrected chi connectivity index (χ1v) is 9.96. The fourth-order valence-electron chi connectivity index (χ4n) is 2.63. The van der Waals surface area contributed by atoms with E-state index in [0.717, 1.165) is 42.6 Å². The summed E-state index contributed by atoms with van der Waals surface area (Å²) in [6.45, 7) is 9.28. The van der Waals surface area contributed by atoms with Crippen LogP contribution in [-0.4, -0.2) is 50.5 Å². The van der Waals surface area contributed by atoms with Crippen molar-refractivity contribution in [3.63, 3.8) is 0 Å². The highest BCUT2D eigenvalue weighted by molar-refractivity contribution is 5.92. The molecule has 1 amide bonds. The van der Waals surface area contributed by atoms with Gasteiger partial charge in [0.15, 0.2) is 5.96 Å². The maximum atomic E-state index is 11.9. The molecule has 1 rings (SSSR count). The predicted molar refractivity (Wildman–Crippen MR) is 115 cm³/mol. The van der Waals surface area contributed by atoms with Crippen LogP contribution in [0.5, 0.6) is 0 Å². The number of aliphatic imine (C=N–C) groups is 1. The number of guanidine groups is 1. The highest BCUT2D eigenvalue weighted by atomic mass is 16.2. The number of anilines is 1. The normalized spacial score (nSPS) is 11.7. The van der Waals surface area contributed by atoms with Gasteiger partial charge in [0.25, 0.3) is 0 Å². The van der Waals surface area contributed by atoms with E-state index < -0.39 is 0 Å². The summed E-state index contributed by atoms with van der Waals surface area (Å²) < 4.78 is 0. The summed E-state index contributed by atoms with van der Waals surface area (Å²) >= 11 is 0. The number of hydrogen-bond acceptors (Lipinski definition) is 3. The smallest absolute Gasteiger partial charge is 0.238 e. The van der Waals surface area contributed by atoms with Gasteiger partial charge in [0.05, 0.1) is 13.1 Å². The number of nitrogens with one attached hydrogen (secondary N) is 3. The SMILES string of the molecule is CCNC(=NCc1cccc(NC(=O)CN(C)C)c1)NCCCCC(C)C. The Morgan fingerprint density at radius 1 is 1.19 bits per heavy atom. The minimum Gasteiger partial charge on any atom is -0.357 e. The van der Waals surface area contributed by atoms with Crippen LogP contribution in [0.25, 0.3) is 0 Å². The molecule has 6 nitrogen and oxygen atoms in total. The lowest BCUT2D eigenvalue weighted by molar-refractivity contribution is -0.116. The second kappa shape index (κ2) is 13.1. The first-order valence-electron chi connectivity index (χ1n) is 9.96. The summed E-state index contributed by atoms with van der Waals surface area (Å²) in [6, 6.07) is 7.85. The summed E-state index contributed by atoms with van der Waals surface area (Å²) in [5, 5.41) is 9.60. The van der Waals surface area contributed by atoms with Gasteiger partial charge in [-0.2, -0.15) is 0 Å². The van der Waals surface area contributed by atoms with E-state index in [1.165, 1.54) is 12.8 Å². The van der Waals surface area contributed by atoms with E-state index in [-0.39, 0.29) is 5.91 Å². The van der Waals surface area contributed by atoms with E-state index >= 15 is 0 Å². The quantitative estimate of drug-likeness (QED) is 0.316.